The lowest BCUT2D eigenvalue weighted by molar-refractivity contribution is -0.385. The third-order valence-corrected chi connectivity index (χ3v) is 3.33. The van der Waals surface area contributed by atoms with E-state index >= 15 is 0 Å². The number of nitro benzene ring substituents is 1. The summed E-state index contributed by atoms with van der Waals surface area (Å²) in [6, 6.07) is 4.63. The molecule has 1 aromatic rings. The molecule has 0 aliphatic heterocycles. The summed E-state index contributed by atoms with van der Waals surface area (Å²) < 4.78 is 4.96. The fourth-order valence-corrected chi connectivity index (χ4v) is 2.17. The Hall–Kier alpha value is -2.15. The molecule has 1 aromatic carbocycles. The van der Waals surface area contributed by atoms with E-state index in [9.17, 15) is 14.9 Å². The van der Waals surface area contributed by atoms with Crippen molar-refractivity contribution < 1.29 is 19.6 Å². The number of carboxylic acids is 1. The Morgan fingerprint density at radius 2 is 2.19 bits per heavy atom. The highest BCUT2D eigenvalue weighted by Crippen LogP contribution is 2.28. The van der Waals surface area contributed by atoms with E-state index in [0.29, 0.717) is 13.1 Å². The average Bonchev–Trinajstić information content (AvgIpc) is 2.43. The van der Waals surface area contributed by atoms with Crippen LogP contribution in [0, 0.1) is 10.1 Å². The number of nitro groups is 1. The predicted octanol–water partition coefficient (Wildman–Crippen LogP) is 2.29. The summed E-state index contributed by atoms with van der Waals surface area (Å²) >= 11 is 0. The van der Waals surface area contributed by atoms with Gasteiger partial charge in [0.2, 0.25) is 0 Å². The van der Waals surface area contributed by atoms with E-state index in [2.05, 4.69) is 0 Å². The van der Waals surface area contributed by atoms with Crippen molar-refractivity contribution in [2.45, 2.75) is 32.9 Å². The first-order valence-electron chi connectivity index (χ1n) is 6.66. The second-order valence-corrected chi connectivity index (χ2v) is 4.77. The minimum Gasteiger partial charge on any atom is -0.490 e. The first-order valence-corrected chi connectivity index (χ1v) is 6.66. The highest BCUT2D eigenvalue weighted by atomic mass is 16.6. The Bertz CT molecular complexity index is 518. The van der Waals surface area contributed by atoms with Gasteiger partial charge in [0.25, 0.3) is 0 Å². The summed E-state index contributed by atoms with van der Waals surface area (Å²) in [4.78, 5) is 23.2. The number of nitrogens with zero attached hydrogens (tertiary/aromatic N) is 2. The summed E-state index contributed by atoms with van der Waals surface area (Å²) in [6.07, 6.45) is 0.0338. The highest BCUT2D eigenvalue weighted by Gasteiger charge is 2.19. The molecule has 116 valence electrons. The van der Waals surface area contributed by atoms with Crippen molar-refractivity contribution in [3.63, 3.8) is 0 Å². The molecule has 0 radical (unpaired) electrons. The van der Waals surface area contributed by atoms with Crippen LogP contribution in [0.1, 0.15) is 25.8 Å². The van der Waals surface area contributed by atoms with E-state index in [-0.39, 0.29) is 23.9 Å². The van der Waals surface area contributed by atoms with Gasteiger partial charge in [0.05, 0.1) is 18.5 Å². The van der Waals surface area contributed by atoms with E-state index in [1.807, 2.05) is 18.7 Å². The number of aliphatic carboxylic acids is 1. The van der Waals surface area contributed by atoms with Gasteiger partial charge in [-0.05, 0) is 25.1 Å². The average molecular weight is 296 g/mol. The van der Waals surface area contributed by atoms with Crippen LogP contribution in [-0.4, -0.2) is 40.6 Å². The first kappa shape index (κ1) is 16.9. The van der Waals surface area contributed by atoms with Gasteiger partial charge in [-0.15, -0.1) is 0 Å². The zero-order valence-electron chi connectivity index (χ0n) is 12.4. The second-order valence-electron chi connectivity index (χ2n) is 4.77. The SMILES string of the molecule is CCN(Cc1ccc(OC)c([N+](=O)[O-])c1)C(C)CC(=O)O. The van der Waals surface area contributed by atoms with Crippen LogP contribution >= 0.6 is 0 Å². The van der Waals surface area contributed by atoms with Crippen molar-refractivity contribution in [2.75, 3.05) is 13.7 Å². The van der Waals surface area contributed by atoms with Gasteiger partial charge in [-0.25, -0.2) is 0 Å². The summed E-state index contributed by atoms with van der Waals surface area (Å²) in [5, 5.41) is 19.8. The van der Waals surface area contributed by atoms with E-state index < -0.39 is 10.9 Å². The number of carbonyl (C=O) groups is 1. The zero-order valence-corrected chi connectivity index (χ0v) is 12.4. The van der Waals surface area contributed by atoms with Crippen LogP contribution in [0.2, 0.25) is 0 Å². The number of ether oxygens (including phenoxy) is 1. The molecule has 1 N–H and O–H groups in total. The monoisotopic (exact) mass is 296 g/mol. The predicted molar refractivity (Wildman–Crippen MR) is 77.4 cm³/mol. The van der Waals surface area contributed by atoms with Crippen LogP contribution in [0.5, 0.6) is 5.75 Å². The van der Waals surface area contributed by atoms with Crippen LogP contribution in [0.4, 0.5) is 5.69 Å². The molecule has 0 aromatic heterocycles. The third-order valence-electron chi connectivity index (χ3n) is 3.33. The van der Waals surface area contributed by atoms with Crippen molar-refractivity contribution in [3.8, 4) is 5.75 Å². The molecule has 0 saturated heterocycles. The molecule has 0 heterocycles. The van der Waals surface area contributed by atoms with Gasteiger partial charge in [-0.2, -0.15) is 0 Å². The molecule has 0 fully saturated rings. The largest absolute Gasteiger partial charge is 0.490 e. The van der Waals surface area contributed by atoms with Crippen molar-refractivity contribution in [3.05, 3.63) is 33.9 Å². The summed E-state index contributed by atoms with van der Waals surface area (Å²) in [6.45, 7) is 4.87. The van der Waals surface area contributed by atoms with Crippen LogP contribution in [0.3, 0.4) is 0 Å². The minimum atomic E-state index is -0.860. The van der Waals surface area contributed by atoms with Crippen LogP contribution in [0.25, 0.3) is 0 Å². The molecule has 0 saturated carbocycles. The zero-order chi connectivity index (χ0) is 16.0. The number of rotatable bonds is 8. The number of methoxy groups -OCH3 is 1. The quantitative estimate of drug-likeness (QED) is 0.584. The van der Waals surface area contributed by atoms with E-state index in [4.69, 9.17) is 9.84 Å². The Labute approximate surface area is 123 Å². The van der Waals surface area contributed by atoms with Crippen molar-refractivity contribution >= 4 is 11.7 Å². The van der Waals surface area contributed by atoms with Crippen molar-refractivity contribution in [1.82, 2.24) is 4.90 Å². The number of benzene rings is 1. The lowest BCUT2D eigenvalue weighted by Crippen LogP contribution is -2.34. The fourth-order valence-electron chi connectivity index (χ4n) is 2.17. The molecule has 0 aliphatic carbocycles. The molecular formula is C14H20N2O5. The summed E-state index contributed by atoms with van der Waals surface area (Å²) in [5.74, 6) is -0.646. The van der Waals surface area contributed by atoms with Crippen molar-refractivity contribution in [2.24, 2.45) is 0 Å². The fraction of sp³-hybridized carbons (Fsp3) is 0.500. The molecule has 21 heavy (non-hydrogen) atoms. The topological polar surface area (TPSA) is 92.9 Å². The molecule has 1 atom stereocenters. The van der Waals surface area contributed by atoms with Gasteiger partial charge in [-0.1, -0.05) is 13.0 Å². The Morgan fingerprint density at radius 3 is 2.67 bits per heavy atom. The second kappa shape index (κ2) is 7.58. The molecule has 7 nitrogen and oxygen atoms in total. The van der Waals surface area contributed by atoms with Gasteiger partial charge in [0, 0.05) is 18.7 Å². The Kier molecular flexibility index (Phi) is 6.10. The molecule has 1 unspecified atom stereocenters. The summed E-state index contributed by atoms with van der Waals surface area (Å²) in [7, 11) is 1.38. The molecular weight excluding hydrogens is 276 g/mol. The molecule has 7 heteroatoms. The number of hydrogen-bond donors (Lipinski definition) is 1. The Balaban J connectivity index is 2.92. The van der Waals surface area contributed by atoms with Gasteiger partial charge in [-0.3, -0.25) is 19.8 Å². The standard InChI is InChI=1S/C14H20N2O5/c1-4-15(10(2)7-14(17)18)9-11-5-6-13(21-3)12(8-11)16(19)20/h5-6,8,10H,4,7,9H2,1-3H3,(H,17,18). The van der Waals surface area contributed by atoms with Gasteiger partial charge >= 0.3 is 11.7 Å². The molecule has 0 amide bonds. The molecule has 1 rings (SSSR count). The highest BCUT2D eigenvalue weighted by molar-refractivity contribution is 5.67. The molecule has 0 bridgehead atoms. The first-order chi connectivity index (χ1) is 9.88. The lowest BCUT2D eigenvalue weighted by Gasteiger charge is -2.26. The van der Waals surface area contributed by atoms with Crippen molar-refractivity contribution in [1.29, 1.82) is 0 Å². The smallest absolute Gasteiger partial charge is 0.311 e. The number of hydrogen-bond acceptors (Lipinski definition) is 5. The van der Waals surface area contributed by atoms with Gasteiger partial charge < -0.3 is 9.84 Å². The summed E-state index contributed by atoms with van der Waals surface area (Å²) in [5.41, 5.74) is 0.665. The third kappa shape index (κ3) is 4.71. The maximum atomic E-state index is 11.0. The Morgan fingerprint density at radius 1 is 1.52 bits per heavy atom. The van der Waals surface area contributed by atoms with Crippen LogP contribution in [0.15, 0.2) is 18.2 Å². The van der Waals surface area contributed by atoms with Crippen LogP contribution < -0.4 is 4.74 Å². The lowest BCUT2D eigenvalue weighted by atomic mass is 10.1. The molecule has 0 aliphatic rings. The van der Waals surface area contributed by atoms with E-state index in [0.717, 1.165) is 5.56 Å². The number of carboxylic acid groups (broad SMARTS) is 1. The minimum absolute atomic E-state index is 0.0338. The molecule has 0 spiro atoms. The van der Waals surface area contributed by atoms with E-state index in [1.165, 1.54) is 13.2 Å². The maximum absolute atomic E-state index is 11.0. The maximum Gasteiger partial charge on any atom is 0.311 e. The van der Waals surface area contributed by atoms with Gasteiger partial charge in [0.1, 0.15) is 0 Å². The van der Waals surface area contributed by atoms with Crippen LogP contribution in [-0.2, 0) is 11.3 Å². The van der Waals surface area contributed by atoms with Gasteiger partial charge in [0.15, 0.2) is 5.75 Å². The normalized spacial score (nSPS) is 12.2. The van der Waals surface area contributed by atoms with E-state index in [1.54, 1.807) is 12.1 Å².